The van der Waals surface area contributed by atoms with Crippen molar-refractivity contribution in [2.24, 2.45) is 10.9 Å². The molecule has 1 unspecified atom stereocenters. The van der Waals surface area contributed by atoms with Crippen molar-refractivity contribution in [1.29, 1.82) is 0 Å². The highest BCUT2D eigenvalue weighted by Gasteiger charge is 2.29. The SMILES string of the molecule is CN1C(=NCC2CCCCC2)SCC1CC(=O)Nc1ccc(Cl)cc1. The summed E-state index contributed by atoms with van der Waals surface area (Å²) >= 11 is 7.65. The van der Waals surface area contributed by atoms with Gasteiger partial charge in [-0.2, -0.15) is 0 Å². The molecule has 1 aromatic carbocycles. The van der Waals surface area contributed by atoms with E-state index in [1.807, 2.05) is 12.1 Å². The predicted octanol–water partition coefficient (Wildman–Crippen LogP) is 4.65. The highest BCUT2D eigenvalue weighted by molar-refractivity contribution is 8.14. The molecule has 25 heavy (non-hydrogen) atoms. The van der Waals surface area contributed by atoms with Crippen molar-refractivity contribution in [3.05, 3.63) is 29.3 Å². The fraction of sp³-hybridized carbons (Fsp3) is 0.579. The number of hydrogen-bond donors (Lipinski definition) is 1. The maximum Gasteiger partial charge on any atom is 0.226 e. The van der Waals surface area contributed by atoms with E-state index in [4.69, 9.17) is 16.6 Å². The van der Waals surface area contributed by atoms with Crippen molar-refractivity contribution in [1.82, 2.24) is 4.90 Å². The number of hydrogen-bond acceptors (Lipinski definition) is 3. The third-order valence-corrected chi connectivity index (χ3v) is 6.49. The second-order valence-electron chi connectivity index (χ2n) is 6.96. The van der Waals surface area contributed by atoms with E-state index in [0.29, 0.717) is 11.4 Å². The van der Waals surface area contributed by atoms with E-state index in [9.17, 15) is 4.79 Å². The largest absolute Gasteiger partial charge is 0.350 e. The first-order chi connectivity index (χ1) is 12.1. The summed E-state index contributed by atoms with van der Waals surface area (Å²) in [6.07, 6.45) is 7.20. The zero-order valence-electron chi connectivity index (χ0n) is 14.7. The first-order valence-electron chi connectivity index (χ1n) is 9.07. The molecular formula is C19H26ClN3OS. The molecule has 0 radical (unpaired) electrons. The molecule has 2 aliphatic rings. The first-order valence-corrected chi connectivity index (χ1v) is 10.4. The molecule has 0 aromatic heterocycles. The second-order valence-corrected chi connectivity index (χ2v) is 8.39. The second kappa shape index (κ2) is 8.95. The topological polar surface area (TPSA) is 44.7 Å². The molecule has 6 heteroatoms. The fourth-order valence-corrected chi connectivity index (χ4v) is 4.76. The van der Waals surface area contributed by atoms with Gasteiger partial charge in [0.25, 0.3) is 0 Å². The molecule has 3 rings (SSSR count). The van der Waals surface area contributed by atoms with Crippen LogP contribution in [0.25, 0.3) is 0 Å². The van der Waals surface area contributed by atoms with Crippen molar-refractivity contribution in [2.75, 3.05) is 24.7 Å². The molecule has 1 saturated carbocycles. The minimum Gasteiger partial charge on any atom is -0.350 e. The lowest BCUT2D eigenvalue weighted by Crippen LogP contribution is -2.33. The van der Waals surface area contributed by atoms with Crippen molar-refractivity contribution in [2.45, 2.75) is 44.6 Å². The smallest absolute Gasteiger partial charge is 0.226 e. The number of amidine groups is 1. The van der Waals surface area contributed by atoms with Gasteiger partial charge in [0.05, 0.1) is 0 Å². The van der Waals surface area contributed by atoms with Crippen LogP contribution in [0.2, 0.25) is 5.02 Å². The Morgan fingerprint density at radius 1 is 1.28 bits per heavy atom. The monoisotopic (exact) mass is 379 g/mol. The highest BCUT2D eigenvalue weighted by Crippen LogP contribution is 2.28. The summed E-state index contributed by atoms with van der Waals surface area (Å²) in [6.45, 7) is 0.941. The Morgan fingerprint density at radius 2 is 2.00 bits per heavy atom. The van der Waals surface area contributed by atoms with Gasteiger partial charge in [0.15, 0.2) is 5.17 Å². The Labute approximate surface area is 159 Å². The number of carbonyl (C=O) groups excluding carboxylic acids is 1. The standard InChI is InChI=1S/C19H26ClN3OS/c1-23-17(11-18(24)22-16-9-7-15(20)8-10-16)13-25-19(23)21-12-14-5-3-2-4-6-14/h7-10,14,17H,2-6,11-13H2,1H3,(H,22,24). The van der Waals surface area contributed by atoms with Crippen molar-refractivity contribution in [3.63, 3.8) is 0 Å². The Balaban J connectivity index is 1.48. The molecule has 1 aliphatic heterocycles. The van der Waals surface area contributed by atoms with E-state index in [1.165, 1.54) is 32.1 Å². The van der Waals surface area contributed by atoms with Crippen molar-refractivity contribution < 1.29 is 4.79 Å². The van der Waals surface area contributed by atoms with Gasteiger partial charge in [-0.15, -0.1) is 0 Å². The lowest BCUT2D eigenvalue weighted by atomic mass is 9.89. The van der Waals surface area contributed by atoms with Crippen LogP contribution in [0.5, 0.6) is 0 Å². The van der Waals surface area contributed by atoms with Crippen LogP contribution >= 0.6 is 23.4 Å². The minimum atomic E-state index is 0.0355. The maximum absolute atomic E-state index is 12.3. The van der Waals surface area contributed by atoms with Gasteiger partial charge in [0.1, 0.15) is 0 Å². The van der Waals surface area contributed by atoms with E-state index in [-0.39, 0.29) is 11.9 Å². The zero-order valence-corrected chi connectivity index (χ0v) is 16.3. The third kappa shape index (κ3) is 5.38. The van der Waals surface area contributed by atoms with Gasteiger partial charge in [-0.05, 0) is 43.0 Å². The van der Waals surface area contributed by atoms with Gasteiger partial charge >= 0.3 is 0 Å². The van der Waals surface area contributed by atoms with Crippen molar-refractivity contribution >= 4 is 40.1 Å². The number of thioether (sulfide) groups is 1. The summed E-state index contributed by atoms with van der Waals surface area (Å²) < 4.78 is 0. The van der Waals surface area contributed by atoms with Crippen LogP contribution in [0.15, 0.2) is 29.3 Å². The molecular weight excluding hydrogens is 354 g/mol. The number of nitrogens with zero attached hydrogens (tertiary/aromatic N) is 2. The van der Waals surface area contributed by atoms with Gasteiger partial charge in [-0.25, -0.2) is 0 Å². The Morgan fingerprint density at radius 3 is 2.72 bits per heavy atom. The van der Waals surface area contributed by atoms with Crippen LogP contribution in [0, 0.1) is 5.92 Å². The number of halogens is 1. The van der Waals surface area contributed by atoms with Gasteiger partial charge in [0, 0.05) is 42.5 Å². The first kappa shape index (κ1) is 18.6. The molecule has 1 atom stereocenters. The molecule has 1 aromatic rings. The van der Waals surface area contributed by atoms with Gasteiger partial charge in [0.2, 0.25) is 5.91 Å². The minimum absolute atomic E-state index is 0.0355. The van der Waals surface area contributed by atoms with Crippen LogP contribution in [0.4, 0.5) is 5.69 Å². The Hall–Kier alpha value is -1.20. The molecule has 0 bridgehead atoms. The van der Waals surface area contributed by atoms with E-state index in [0.717, 1.165) is 29.1 Å². The molecule has 1 amide bonds. The summed E-state index contributed by atoms with van der Waals surface area (Å²) in [5.74, 6) is 1.71. The number of anilines is 1. The predicted molar refractivity (Wildman–Crippen MR) is 108 cm³/mol. The lowest BCUT2D eigenvalue weighted by Gasteiger charge is -2.22. The van der Waals surface area contributed by atoms with Crippen LogP contribution in [0.3, 0.4) is 0 Å². The summed E-state index contributed by atoms with van der Waals surface area (Å²) in [4.78, 5) is 19.3. The quantitative estimate of drug-likeness (QED) is 0.809. The van der Waals surface area contributed by atoms with E-state index in [1.54, 1.807) is 23.9 Å². The lowest BCUT2D eigenvalue weighted by molar-refractivity contribution is -0.116. The van der Waals surface area contributed by atoms with Crippen LogP contribution < -0.4 is 5.32 Å². The van der Waals surface area contributed by atoms with Crippen LogP contribution in [0.1, 0.15) is 38.5 Å². The Bertz CT molecular complexity index is 614. The van der Waals surface area contributed by atoms with Crippen molar-refractivity contribution in [3.8, 4) is 0 Å². The Kier molecular flexibility index (Phi) is 6.65. The van der Waals surface area contributed by atoms with E-state index < -0.39 is 0 Å². The van der Waals surface area contributed by atoms with Gasteiger partial charge in [-0.1, -0.05) is 42.6 Å². The average Bonchev–Trinajstić information content (AvgIpc) is 2.96. The summed E-state index contributed by atoms with van der Waals surface area (Å²) in [7, 11) is 2.06. The average molecular weight is 380 g/mol. The zero-order chi connectivity index (χ0) is 17.6. The molecule has 0 spiro atoms. The summed E-state index contributed by atoms with van der Waals surface area (Å²) in [6, 6.07) is 7.42. The van der Waals surface area contributed by atoms with Gasteiger partial charge < -0.3 is 10.2 Å². The number of benzene rings is 1. The van der Waals surface area contributed by atoms with Gasteiger partial charge in [-0.3, -0.25) is 9.79 Å². The molecule has 1 N–H and O–H groups in total. The summed E-state index contributed by atoms with van der Waals surface area (Å²) in [5, 5.41) is 4.70. The number of carbonyl (C=O) groups is 1. The molecule has 1 heterocycles. The number of amides is 1. The fourth-order valence-electron chi connectivity index (χ4n) is 3.43. The number of aliphatic imine (C=N–C) groups is 1. The third-order valence-electron chi connectivity index (χ3n) is 5.01. The molecule has 136 valence electrons. The maximum atomic E-state index is 12.3. The van der Waals surface area contributed by atoms with Crippen LogP contribution in [-0.4, -0.2) is 41.4 Å². The van der Waals surface area contributed by atoms with Crippen LogP contribution in [-0.2, 0) is 4.79 Å². The molecule has 1 saturated heterocycles. The molecule has 2 fully saturated rings. The molecule has 1 aliphatic carbocycles. The normalized spacial score (nSPS) is 23.2. The molecule has 4 nitrogen and oxygen atoms in total. The van der Waals surface area contributed by atoms with E-state index >= 15 is 0 Å². The highest BCUT2D eigenvalue weighted by atomic mass is 35.5. The number of rotatable bonds is 5. The number of nitrogens with one attached hydrogen (secondary N) is 1. The summed E-state index contributed by atoms with van der Waals surface area (Å²) in [5.41, 5.74) is 0.786. The van der Waals surface area contributed by atoms with E-state index in [2.05, 4.69) is 17.3 Å².